The second kappa shape index (κ2) is 3.98. The van der Waals surface area contributed by atoms with Crippen LogP contribution in [0, 0.1) is 0 Å². The number of hydrogen-bond donors (Lipinski definition) is 1. The molecule has 2 atom stereocenters. The molecule has 2 aliphatic heterocycles. The number of thiophene rings is 1. The van der Waals surface area contributed by atoms with Gasteiger partial charge in [-0.15, -0.1) is 11.3 Å². The van der Waals surface area contributed by atoms with Crippen molar-refractivity contribution in [3.05, 3.63) is 20.8 Å². The van der Waals surface area contributed by atoms with E-state index in [2.05, 4.69) is 18.3 Å². The minimum atomic E-state index is -0.0456. The Bertz CT molecular complexity index is 406. The van der Waals surface area contributed by atoms with Gasteiger partial charge >= 0.3 is 0 Å². The van der Waals surface area contributed by atoms with Gasteiger partial charge in [0.15, 0.2) is 0 Å². The standard InChI is InChI=1S/C12H16ClNOS/c1-8-7-12(3-4-14-8)11-9(2-5-15-12)6-10(13)16-11/h6,8,14H,2-5,7H2,1H3. The van der Waals surface area contributed by atoms with Gasteiger partial charge in [-0.05, 0) is 44.4 Å². The van der Waals surface area contributed by atoms with Gasteiger partial charge in [-0.25, -0.2) is 0 Å². The van der Waals surface area contributed by atoms with Gasteiger partial charge in [-0.1, -0.05) is 11.6 Å². The Morgan fingerprint density at radius 2 is 2.50 bits per heavy atom. The average Bonchev–Trinajstić information content (AvgIpc) is 2.60. The highest BCUT2D eigenvalue weighted by Crippen LogP contribution is 2.46. The molecule has 0 aromatic carbocycles. The van der Waals surface area contributed by atoms with Crippen LogP contribution in [0.5, 0.6) is 0 Å². The van der Waals surface area contributed by atoms with Crippen molar-refractivity contribution in [2.24, 2.45) is 0 Å². The predicted molar refractivity (Wildman–Crippen MR) is 67.4 cm³/mol. The monoisotopic (exact) mass is 257 g/mol. The van der Waals surface area contributed by atoms with Crippen LogP contribution in [0.2, 0.25) is 4.34 Å². The highest BCUT2D eigenvalue weighted by Gasteiger charge is 2.42. The van der Waals surface area contributed by atoms with Crippen LogP contribution in [-0.4, -0.2) is 19.2 Å². The van der Waals surface area contributed by atoms with Crippen molar-refractivity contribution in [3.8, 4) is 0 Å². The molecule has 1 spiro atoms. The summed E-state index contributed by atoms with van der Waals surface area (Å²) in [6.07, 6.45) is 3.15. The van der Waals surface area contributed by atoms with E-state index < -0.39 is 0 Å². The lowest BCUT2D eigenvalue weighted by molar-refractivity contribution is -0.0848. The summed E-state index contributed by atoms with van der Waals surface area (Å²) in [5.74, 6) is 0. The summed E-state index contributed by atoms with van der Waals surface area (Å²) in [7, 11) is 0. The SMILES string of the molecule is CC1CC2(CCN1)OCCc1cc(Cl)sc12. The number of halogens is 1. The molecule has 88 valence electrons. The van der Waals surface area contributed by atoms with Crippen molar-refractivity contribution >= 4 is 22.9 Å². The van der Waals surface area contributed by atoms with Gasteiger partial charge in [0.05, 0.1) is 10.9 Å². The van der Waals surface area contributed by atoms with Crippen LogP contribution in [-0.2, 0) is 16.8 Å². The molecule has 2 aliphatic rings. The summed E-state index contributed by atoms with van der Waals surface area (Å²) in [5.41, 5.74) is 1.37. The Kier molecular flexibility index (Phi) is 2.75. The molecule has 0 aliphatic carbocycles. The van der Waals surface area contributed by atoms with Crippen LogP contribution >= 0.6 is 22.9 Å². The van der Waals surface area contributed by atoms with Gasteiger partial charge in [0.25, 0.3) is 0 Å². The lowest BCUT2D eigenvalue weighted by Gasteiger charge is -2.42. The van der Waals surface area contributed by atoms with Crippen LogP contribution in [0.4, 0.5) is 0 Å². The van der Waals surface area contributed by atoms with Gasteiger partial charge < -0.3 is 10.1 Å². The molecule has 1 fully saturated rings. The molecule has 1 aromatic heterocycles. The Morgan fingerprint density at radius 3 is 3.31 bits per heavy atom. The molecule has 4 heteroatoms. The molecule has 3 heterocycles. The largest absolute Gasteiger partial charge is 0.369 e. The molecular weight excluding hydrogens is 242 g/mol. The second-order valence-electron chi connectivity index (χ2n) is 4.81. The van der Waals surface area contributed by atoms with E-state index in [1.807, 2.05) is 0 Å². The fourth-order valence-electron chi connectivity index (χ4n) is 2.91. The van der Waals surface area contributed by atoms with Crippen molar-refractivity contribution in [2.45, 2.75) is 37.8 Å². The number of piperidine rings is 1. The summed E-state index contributed by atoms with van der Waals surface area (Å²) in [5, 5.41) is 3.48. The van der Waals surface area contributed by atoms with E-state index in [0.29, 0.717) is 6.04 Å². The summed E-state index contributed by atoms with van der Waals surface area (Å²) in [6, 6.07) is 2.65. The lowest BCUT2D eigenvalue weighted by atomic mass is 9.83. The lowest BCUT2D eigenvalue weighted by Crippen LogP contribution is -2.48. The molecule has 16 heavy (non-hydrogen) atoms. The molecule has 0 bridgehead atoms. The van der Waals surface area contributed by atoms with E-state index >= 15 is 0 Å². The first kappa shape index (κ1) is 11.0. The molecule has 0 saturated carbocycles. The fraction of sp³-hybridized carbons (Fsp3) is 0.667. The fourth-order valence-corrected chi connectivity index (χ4v) is 4.40. The summed E-state index contributed by atoms with van der Waals surface area (Å²) in [4.78, 5) is 1.39. The minimum Gasteiger partial charge on any atom is -0.369 e. The predicted octanol–water partition coefficient (Wildman–Crippen LogP) is 2.94. The highest BCUT2D eigenvalue weighted by molar-refractivity contribution is 7.16. The Hall–Kier alpha value is -0.0900. The zero-order valence-electron chi connectivity index (χ0n) is 9.38. The van der Waals surface area contributed by atoms with Crippen molar-refractivity contribution in [3.63, 3.8) is 0 Å². The topological polar surface area (TPSA) is 21.3 Å². The van der Waals surface area contributed by atoms with E-state index in [4.69, 9.17) is 16.3 Å². The van der Waals surface area contributed by atoms with Crippen molar-refractivity contribution < 1.29 is 4.74 Å². The normalized spacial score (nSPS) is 34.0. The number of hydrogen-bond acceptors (Lipinski definition) is 3. The van der Waals surface area contributed by atoms with Crippen LogP contribution < -0.4 is 5.32 Å². The smallest absolute Gasteiger partial charge is 0.105 e. The van der Waals surface area contributed by atoms with Crippen LogP contribution in [0.1, 0.15) is 30.2 Å². The van der Waals surface area contributed by atoms with E-state index in [-0.39, 0.29) is 5.60 Å². The van der Waals surface area contributed by atoms with Gasteiger partial charge in [-0.2, -0.15) is 0 Å². The van der Waals surface area contributed by atoms with E-state index in [1.54, 1.807) is 11.3 Å². The van der Waals surface area contributed by atoms with Crippen LogP contribution in [0.3, 0.4) is 0 Å². The molecule has 3 rings (SSSR count). The number of ether oxygens (including phenoxy) is 1. The Morgan fingerprint density at radius 1 is 1.62 bits per heavy atom. The summed E-state index contributed by atoms with van der Waals surface area (Å²) >= 11 is 7.85. The zero-order valence-corrected chi connectivity index (χ0v) is 11.0. The zero-order chi connectivity index (χ0) is 11.2. The highest BCUT2D eigenvalue weighted by atomic mass is 35.5. The molecule has 0 amide bonds. The summed E-state index contributed by atoms with van der Waals surface area (Å²) < 4.78 is 7.03. The van der Waals surface area contributed by atoms with Crippen molar-refractivity contribution in [2.75, 3.05) is 13.2 Å². The molecule has 1 N–H and O–H groups in total. The Labute approximate surface area is 105 Å². The number of rotatable bonds is 0. The molecule has 0 radical (unpaired) electrons. The van der Waals surface area contributed by atoms with Crippen molar-refractivity contribution in [1.82, 2.24) is 5.32 Å². The first-order chi connectivity index (χ1) is 7.70. The Balaban J connectivity index is 2.02. The van der Waals surface area contributed by atoms with E-state index in [1.165, 1.54) is 10.4 Å². The van der Waals surface area contributed by atoms with Crippen molar-refractivity contribution in [1.29, 1.82) is 0 Å². The number of nitrogens with one attached hydrogen (secondary N) is 1. The average molecular weight is 258 g/mol. The maximum Gasteiger partial charge on any atom is 0.105 e. The minimum absolute atomic E-state index is 0.0456. The molecule has 2 nitrogen and oxygen atoms in total. The van der Waals surface area contributed by atoms with Crippen LogP contribution in [0.25, 0.3) is 0 Å². The van der Waals surface area contributed by atoms with Crippen LogP contribution in [0.15, 0.2) is 6.07 Å². The molecule has 1 saturated heterocycles. The van der Waals surface area contributed by atoms with Gasteiger partial charge in [-0.3, -0.25) is 0 Å². The maximum absolute atomic E-state index is 6.14. The third-order valence-corrected chi connectivity index (χ3v) is 5.09. The first-order valence-corrected chi connectivity index (χ1v) is 7.05. The molecule has 2 unspecified atom stereocenters. The second-order valence-corrected chi connectivity index (χ2v) is 6.49. The first-order valence-electron chi connectivity index (χ1n) is 5.86. The van der Waals surface area contributed by atoms with Gasteiger partial charge in [0, 0.05) is 10.9 Å². The number of fused-ring (bicyclic) bond motifs is 2. The maximum atomic E-state index is 6.14. The van der Waals surface area contributed by atoms with E-state index in [0.717, 1.165) is 36.8 Å². The summed E-state index contributed by atoms with van der Waals surface area (Å²) in [6.45, 7) is 4.11. The quantitative estimate of drug-likeness (QED) is 0.772. The molecular formula is C12H16ClNOS. The third-order valence-electron chi connectivity index (χ3n) is 3.60. The molecule has 1 aromatic rings. The van der Waals surface area contributed by atoms with Gasteiger partial charge in [0.1, 0.15) is 5.60 Å². The third kappa shape index (κ3) is 1.70. The van der Waals surface area contributed by atoms with E-state index in [9.17, 15) is 0 Å². The van der Waals surface area contributed by atoms with Gasteiger partial charge in [0.2, 0.25) is 0 Å².